The van der Waals surface area contributed by atoms with Crippen molar-refractivity contribution in [1.82, 2.24) is 20.2 Å². The molecule has 1 amide bonds. The van der Waals surface area contributed by atoms with Crippen molar-refractivity contribution in [2.45, 2.75) is 37.3 Å². The van der Waals surface area contributed by atoms with Crippen molar-refractivity contribution in [3.8, 4) is 0 Å². The Morgan fingerprint density at radius 1 is 1.48 bits per heavy atom. The standard InChI is InChI=1S/C14H18N6O2S/c1-22-8-4-10(13-17-12(18-19-13)7-2-3-7)20(5-8)14-16-9(6-23-14)11(15)21/h6-8,10H,2-5H2,1H3,(H2,15,21)(H,17,18,19)/t8-,10+/m1/s1. The second kappa shape index (κ2) is 5.57. The Bertz CT molecular complexity index is 724. The van der Waals surface area contributed by atoms with Gasteiger partial charge < -0.3 is 15.4 Å². The van der Waals surface area contributed by atoms with Crippen molar-refractivity contribution < 1.29 is 9.53 Å². The van der Waals surface area contributed by atoms with Gasteiger partial charge in [-0.3, -0.25) is 9.89 Å². The van der Waals surface area contributed by atoms with E-state index in [9.17, 15) is 4.79 Å². The number of nitrogens with two attached hydrogens (primary N) is 1. The maximum atomic E-state index is 11.3. The van der Waals surface area contributed by atoms with Crippen LogP contribution < -0.4 is 10.6 Å². The molecular formula is C14H18N6O2S. The van der Waals surface area contributed by atoms with E-state index < -0.39 is 5.91 Å². The summed E-state index contributed by atoms with van der Waals surface area (Å²) in [7, 11) is 1.71. The van der Waals surface area contributed by atoms with Gasteiger partial charge in [-0.25, -0.2) is 9.97 Å². The molecule has 122 valence electrons. The molecule has 0 radical (unpaired) electrons. The van der Waals surface area contributed by atoms with E-state index in [0.29, 0.717) is 18.2 Å². The van der Waals surface area contributed by atoms with Gasteiger partial charge in [0.15, 0.2) is 11.0 Å². The van der Waals surface area contributed by atoms with E-state index in [2.05, 4.69) is 25.1 Å². The summed E-state index contributed by atoms with van der Waals surface area (Å²) in [6.07, 6.45) is 3.23. The van der Waals surface area contributed by atoms with Gasteiger partial charge in [0.2, 0.25) is 0 Å². The number of H-pyrrole nitrogens is 1. The average Bonchev–Trinajstić information content (AvgIpc) is 2.98. The highest BCUT2D eigenvalue weighted by Gasteiger charge is 2.38. The molecule has 0 bridgehead atoms. The van der Waals surface area contributed by atoms with Gasteiger partial charge in [0, 0.05) is 31.4 Å². The number of hydrogen-bond donors (Lipinski definition) is 2. The third-order valence-electron chi connectivity index (χ3n) is 4.36. The molecule has 2 atom stereocenters. The third kappa shape index (κ3) is 2.70. The molecule has 1 saturated carbocycles. The maximum Gasteiger partial charge on any atom is 0.268 e. The highest BCUT2D eigenvalue weighted by molar-refractivity contribution is 7.13. The molecule has 0 spiro atoms. The average molecular weight is 334 g/mol. The Hall–Kier alpha value is -2.00. The van der Waals surface area contributed by atoms with E-state index in [1.165, 1.54) is 24.2 Å². The number of ether oxygens (including phenoxy) is 1. The van der Waals surface area contributed by atoms with Gasteiger partial charge >= 0.3 is 0 Å². The molecule has 8 nitrogen and oxygen atoms in total. The number of anilines is 1. The summed E-state index contributed by atoms with van der Waals surface area (Å²) in [6, 6.07) is 0.0202. The fraction of sp³-hybridized carbons (Fsp3) is 0.571. The number of carbonyl (C=O) groups excluding carboxylic acids is 1. The second-order valence-electron chi connectivity index (χ2n) is 5.99. The lowest BCUT2D eigenvalue weighted by molar-refractivity contribution is 0.0996. The minimum Gasteiger partial charge on any atom is -0.380 e. The van der Waals surface area contributed by atoms with Crippen molar-refractivity contribution in [3.05, 3.63) is 22.7 Å². The summed E-state index contributed by atoms with van der Waals surface area (Å²) in [6.45, 7) is 0.701. The first-order chi connectivity index (χ1) is 11.2. The van der Waals surface area contributed by atoms with Crippen LogP contribution in [0.25, 0.3) is 0 Å². The van der Waals surface area contributed by atoms with E-state index in [0.717, 1.165) is 23.2 Å². The largest absolute Gasteiger partial charge is 0.380 e. The molecule has 2 aromatic rings. The topological polar surface area (TPSA) is 110 Å². The number of aromatic amines is 1. The SMILES string of the molecule is CO[C@@H]1C[C@@H](c2nc(C3CC3)n[nH]2)N(c2nc(C(N)=O)cs2)C1. The van der Waals surface area contributed by atoms with Crippen LogP contribution in [0, 0.1) is 0 Å². The summed E-state index contributed by atoms with van der Waals surface area (Å²) in [5.41, 5.74) is 5.59. The number of nitrogens with one attached hydrogen (secondary N) is 1. The third-order valence-corrected chi connectivity index (χ3v) is 5.24. The molecule has 1 saturated heterocycles. The van der Waals surface area contributed by atoms with E-state index >= 15 is 0 Å². The van der Waals surface area contributed by atoms with Crippen LogP contribution >= 0.6 is 11.3 Å². The Kier molecular flexibility index (Phi) is 3.53. The summed E-state index contributed by atoms with van der Waals surface area (Å²) in [4.78, 5) is 22.4. The first-order valence-electron chi connectivity index (χ1n) is 7.62. The minimum absolute atomic E-state index is 0.0202. The van der Waals surface area contributed by atoms with Crippen LogP contribution in [0.2, 0.25) is 0 Å². The first-order valence-corrected chi connectivity index (χ1v) is 8.50. The Labute approximate surface area is 137 Å². The van der Waals surface area contributed by atoms with Crippen molar-refractivity contribution in [2.75, 3.05) is 18.6 Å². The molecule has 23 heavy (non-hydrogen) atoms. The van der Waals surface area contributed by atoms with Crippen LogP contribution in [0.1, 0.15) is 53.4 Å². The van der Waals surface area contributed by atoms with E-state index in [1.807, 2.05) is 0 Å². The fourth-order valence-electron chi connectivity index (χ4n) is 2.91. The summed E-state index contributed by atoms with van der Waals surface area (Å²) in [5.74, 6) is 1.73. The predicted octanol–water partition coefficient (Wildman–Crippen LogP) is 1.20. The molecule has 2 aliphatic rings. The van der Waals surface area contributed by atoms with Gasteiger partial charge in [0.1, 0.15) is 11.5 Å². The van der Waals surface area contributed by atoms with Crippen LogP contribution in [0.15, 0.2) is 5.38 Å². The smallest absolute Gasteiger partial charge is 0.268 e. The van der Waals surface area contributed by atoms with Crippen LogP contribution in [-0.2, 0) is 4.74 Å². The molecule has 3 heterocycles. The predicted molar refractivity (Wildman–Crippen MR) is 84.5 cm³/mol. The minimum atomic E-state index is -0.512. The van der Waals surface area contributed by atoms with E-state index in [-0.39, 0.29) is 12.1 Å². The molecule has 1 aliphatic heterocycles. The Balaban J connectivity index is 1.62. The number of methoxy groups -OCH3 is 1. The normalized spacial score (nSPS) is 24.3. The number of rotatable bonds is 5. The van der Waals surface area contributed by atoms with Crippen molar-refractivity contribution >= 4 is 22.4 Å². The molecule has 9 heteroatoms. The van der Waals surface area contributed by atoms with Gasteiger partial charge in [-0.1, -0.05) is 0 Å². The molecule has 1 aliphatic carbocycles. The number of primary amides is 1. The Morgan fingerprint density at radius 2 is 2.30 bits per heavy atom. The molecule has 0 aromatic carbocycles. The number of amides is 1. The number of thiazole rings is 1. The quantitative estimate of drug-likeness (QED) is 0.850. The van der Waals surface area contributed by atoms with E-state index in [4.69, 9.17) is 10.5 Å². The van der Waals surface area contributed by atoms with Gasteiger partial charge in [-0.05, 0) is 12.8 Å². The highest BCUT2D eigenvalue weighted by atomic mass is 32.1. The lowest BCUT2D eigenvalue weighted by Crippen LogP contribution is -2.25. The summed E-state index contributed by atoms with van der Waals surface area (Å²) >= 11 is 1.41. The number of hydrogen-bond acceptors (Lipinski definition) is 7. The van der Waals surface area contributed by atoms with Gasteiger partial charge in [-0.2, -0.15) is 5.10 Å². The zero-order chi connectivity index (χ0) is 16.0. The van der Waals surface area contributed by atoms with Crippen molar-refractivity contribution in [2.24, 2.45) is 5.73 Å². The van der Waals surface area contributed by atoms with Gasteiger partial charge in [-0.15, -0.1) is 11.3 Å². The lowest BCUT2D eigenvalue weighted by Gasteiger charge is -2.21. The van der Waals surface area contributed by atoms with E-state index in [1.54, 1.807) is 12.5 Å². The number of carbonyl (C=O) groups is 1. The number of nitrogens with zero attached hydrogens (tertiary/aromatic N) is 4. The zero-order valence-electron chi connectivity index (χ0n) is 12.7. The van der Waals surface area contributed by atoms with Crippen LogP contribution in [-0.4, -0.2) is 45.8 Å². The zero-order valence-corrected chi connectivity index (χ0v) is 13.5. The molecular weight excluding hydrogens is 316 g/mol. The summed E-state index contributed by atoms with van der Waals surface area (Å²) in [5, 5.41) is 9.85. The van der Waals surface area contributed by atoms with Crippen LogP contribution in [0.5, 0.6) is 0 Å². The van der Waals surface area contributed by atoms with Crippen LogP contribution in [0.4, 0.5) is 5.13 Å². The van der Waals surface area contributed by atoms with Crippen molar-refractivity contribution in [3.63, 3.8) is 0 Å². The molecule has 2 aromatic heterocycles. The van der Waals surface area contributed by atoms with Gasteiger partial charge in [0.05, 0.1) is 12.1 Å². The lowest BCUT2D eigenvalue weighted by atomic mass is 10.2. The second-order valence-corrected chi connectivity index (χ2v) is 6.83. The number of aromatic nitrogens is 4. The molecule has 4 rings (SSSR count). The highest BCUT2D eigenvalue weighted by Crippen LogP contribution is 2.40. The molecule has 0 unspecified atom stereocenters. The van der Waals surface area contributed by atoms with Gasteiger partial charge in [0.25, 0.3) is 5.91 Å². The Morgan fingerprint density at radius 3 is 2.96 bits per heavy atom. The first kappa shape index (κ1) is 14.6. The molecule has 3 N–H and O–H groups in total. The summed E-state index contributed by atoms with van der Waals surface area (Å²) < 4.78 is 5.52. The van der Waals surface area contributed by atoms with Crippen LogP contribution in [0.3, 0.4) is 0 Å². The maximum absolute atomic E-state index is 11.3. The monoisotopic (exact) mass is 334 g/mol. The molecule has 2 fully saturated rings. The van der Waals surface area contributed by atoms with Crippen molar-refractivity contribution in [1.29, 1.82) is 0 Å². The fourth-order valence-corrected chi connectivity index (χ4v) is 3.78.